The molecule has 0 unspecified atom stereocenters. The lowest BCUT2D eigenvalue weighted by molar-refractivity contribution is -0.137. The molecule has 7 nitrogen and oxygen atoms in total. The Bertz CT molecular complexity index is 1020. The van der Waals surface area contributed by atoms with Crippen LogP contribution in [0.25, 0.3) is 0 Å². The maximum atomic E-state index is 12.9. The molecule has 2 aromatic carbocycles. The third kappa shape index (κ3) is 6.21. The SMILES string of the molecule is CCOC(=O)c1ccc(NC(=O)CN(c2cccc(C(F)(F)F)c2)S(C)(=O)=O)cc1. The molecule has 0 aromatic heterocycles. The highest BCUT2D eigenvalue weighted by molar-refractivity contribution is 7.92. The molecule has 0 aliphatic heterocycles. The summed E-state index contributed by atoms with van der Waals surface area (Å²) < 4.78 is 68.4. The molecule has 2 aromatic rings. The second kappa shape index (κ2) is 9.16. The Balaban J connectivity index is 2.18. The van der Waals surface area contributed by atoms with Crippen molar-refractivity contribution in [3.63, 3.8) is 0 Å². The number of hydrogen-bond donors (Lipinski definition) is 1. The lowest BCUT2D eigenvalue weighted by Crippen LogP contribution is -2.37. The summed E-state index contributed by atoms with van der Waals surface area (Å²) in [5, 5.41) is 2.44. The molecule has 0 radical (unpaired) electrons. The Labute approximate surface area is 171 Å². The average Bonchev–Trinajstić information content (AvgIpc) is 2.65. The Morgan fingerprint density at radius 3 is 2.27 bits per heavy atom. The van der Waals surface area contributed by atoms with E-state index in [2.05, 4.69) is 5.32 Å². The minimum absolute atomic E-state index is 0.203. The average molecular weight is 444 g/mol. The van der Waals surface area contributed by atoms with Crippen molar-refractivity contribution in [3.8, 4) is 0 Å². The van der Waals surface area contributed by atoms with Gasteiger partial charge in [0.15, 0.2) is 0 Å². The van der Waals surface area contributed by atoms with Crippen molar-refractivity contribution in [1.29, 1.82) is 0 Å². The highest BCUT2D eigenvalue weighted by Crippen LogP contribution is 2.32. The van der Waals surface area contributed by atoms with Crippen LogP contribution in [0.4, 0.5) is 24.5 Å². The summed E-state index contributed by atoms with van der Waals surface area (Å²) in [7, 11) is -4.05. The number of benzene rings is 2. The van der Waals surface area contributed by atoms with Crippen LogP contribution in [0, 0.1) is 0 Å². The van der Waals surface area contributed by atoms with Gasteiger partial charge in [-0.25, -0.2) is 13.2 Å². The van der Waals surface area contributed by atoms with Crippen LogP contribution in [-0.4, -0.2) is 39.7 Å². The van der Waals surface area contributed by atoms with E-state index in [1.807, 2.05) is 0 Å². The molecule has 11 heteroatoms. The smallest absolute Gasteiger partial charge is 0.416 e. The van der Waals surface area contributed by atoms with Crippen LogP contribution in [0.3, 0.4) is 0 Å². The molecular formula is C19H19F3N2O5S. The van der Waals surface area contributed by atoms with Crippen LogP contribution in [-0.2, 0) is 25.7 Å². The maximum Gasteiger partial charge on any atom is 0.416 e. The van der Waals surface area contributed by atoms with Crippen LogP contribution in [0.1, 0.15) is 22.8 Å². The normalized spacial score (nSPS) is 11.6. The highest BCUT2D eigenvalue weighted by Gasteiger charge is 2.32. The van der Waals surface area contributed by atoms with E-state index in [9.17, 15) is 31.2 Å². The molecule has 162 valence electrons. The molecule has 0 bridgehead atoms. The zero-order chi connectivity index (χ0) is 22.5. The van der Waals surface area contributed by atoms with Gasteiger partial charge < -0.3 is 10.1 Å². The monoisotopic (exact) mass is 444 g/mol. The van der Waals surface area contributed by atoms with Gasteiger partial charge >= 0.3 is 12.1 Å². The number of anilines is 2. The first-order valence-electron chi connectivity index (χ1n) is 8.64. The van der Waals surface area contributed by atoms with Gasteiger partial charge in [-0.05, 0) is 49.4 Å². The fourth-order valence-electron chi connectivity index (χ4n) is 2.47. The Morgan fingerprint density at radius 2 is 1.73 bits per heavy atom. The van der Waals surface area contributed by atoms with Crippen molar-refractivity contribution in [2.75, 3.05) is 29.0 Å². The van der Waals surface area contributed by atoms with Gasteiger partial charge in [0.1, 0.15) is 6.54 Å². The summed E-state index contributed by atoms with van der Waals surface area (Å²) in [5.74, 6) is -1.31. The first kappa shape index (κ1) is 23.2. The Hall–Kier alpha value is -3.08. The van der Waals surface area contributed by atoms with E-state index in [0.29, 0.717) is 10.4 Å². The highest BCUT2D eigenvalue weighted by atomic mass is 32.2. The minimum Gasteiger partial charge on any atom is -0.462 e. The summed E-state index contributed by atoms with van der Waals surface area (Å²) in [6, 6.07) is 9.33. The number of nitrogens with one attached hydrogen (secondary N) is 1. The number of esters is 1. The molecule has 0 atom stereocenters. The number of alkyl halides is 3. The zero-order valence-electron chi connectivity index (χ0n) is 16.1. The van der Waals surface area contributed by atoms with Gasteiger partial charge in [0, 0.05) is 5.69 Å². The number of hydrogen-bond acceptors (Lipinski definition) is 5. The van der Waals surface area contributed by atoms with Crippen molar-refractivity contribution < 1.29 is 35.9 Å². The van der Waals surface area contributed by atoms with E-state index in [1.165, 1.54) is 24.3 Å². The lowest BCUT2D eigenvalue weighted by Gasteiger charge is -2.22. The van der Waals surface area contributed by atoms with Gasteiger partial charge in [0.2, 0.25) is 15.9 Å². The molecule has 2 rings (SSSR count). The molecule has 0 spiro atoms. The van der Waals surface area contributed by atoms with Gasteiger partial charge in [-0.2, -0.15) is 13.2 Å². The van der Waals surface area contributed by atoms with Crippen molar-refractivity contribution in [2.45, 2.75) is 13.1 Å². The number of nitrogens with zero attached hydrogens (tertiary/aromatic N) is 1. The first-order chi connectivity index (χ1) is 13.9. The number of sulfonamides is 1. The second-order valence-electron chi connectivity index (χ2n) is 6.16. The number of halogens is 3. The third-order valence-corrected chi connectivity index (χ3v) is 4.97. The number of rotatable bonds is 7. The second-order valence-corrected chi connectivity index (χ2v) is 8.07. The molecule has 0 fully saturated rings. The van der Waals surface area contributed by atoms with Gasteiger partial charge in [-0.3, -0.25) is 9.10 Å². The summed E-state index contributed by atoms with van der Waals surface area (Å²) in [6.07, 6.45) is -3.88. The predicted molar refractivity (Wildman–Crippen MR) is 105 cm³/mol. The Morgan fingerprint density at radius 1 is 1.10 bits per heavy atom. The minimum atomic E-state index is -4.66. The molecule has 30 heavy (non-hydrogen) atoms. The molecule has 0 saturated heterocycles. The van der Waals surface area contributed by atoms with Gasteiger partial charge in [0.25, 0.3) is 0 Å². The van der Waals surface area contributed by atoms with Crippen molar-refractivity contribution >= 4 is 33.3 Å². The van der Waals surface area contributed by atoms with E-state index in [0.717, 1.165) is 24.5 Å². The van der Waals surface area contributed by atoms with E-state index in [1.54, 1.807) is 6.92 Å². The van der Waals surface area contributed by atoms with E-state index >= 15 is 0 Å². The van der Waals surface area contributed by atoms with Gasteiger partial charge in [-0.1, -0.05) is 6.07 Å². The topological polar surface area (TPSA) is 92.8 Å². The quantitative estimate of drug-likeness (QED) is 0.662. The van der Waals surface area contributed by atoms with E-state index in [-0.39, 0.29) is 23.5 Å². The molecule has 0 aliphatic carbocycles. The van der Waals surface area contributed by atoms with Crippen LogP contribution in [0.2, 0.25) is 0 Å². The van der Waals surface area contributed by atoms with Crippen molar-refractivity contribution in [3.05, 3.63) is 59.7 Å². The molecule has 0 saturated carbocycles. The molecule has 1 amide bonds. The van der Waals surface area contributed by atoms with Gasteiger partial charge in [0.05, 0.1) is 29.7 Å². The zero-order valence-corrected chi connectivity index (χ0v) is 16.9. The van der Waals surface area contributed by atoms with Crippen molar-refractivity contribution in [2.24, 2.45) is 0 Å². The molecule has 0 aliphatic rings. The third-order valence-electron chi connectivity index (χ3n) is 3.83. The predicted octanol–water partition coefficient (Wildman–Crippen LogP) is 3.29. The Kier molecular flexibility index (Phi) is 7.08. The molecule has 0 heterocycles. The van der Waals surface area contributed by atoms with Crippen molar-refractivity contribution in [1.82, 2.24) is 0 Å². The standard InChI is InChI=1S/C19H19F3N2O5S/c1-3-29-18(26)13-7-9-15(10-8-13)23-17(25)12-24(30(2,27)28)16-6-4-5-14(11-16)19(20,21)22/h4-11H,3,12H2,1-2H3,(H,23,25). The number of ether oxygens (including phenoxy) is 1. The van der Waals surface area contributed by atoms with E-state index < -0.39 is 40.2 Å². The molecular weight excluding hydrogens is 425 g/mol. The number of amides is 1. The van der Waals surface area contributed by atoms with E-state index in [4.69, 9.17) is 4.74 Å². The number of carbonyl (C=O) groups excluding carboxylic acids is 2. The first-order valence-corrected chi connectivity index (χ1v) is 10.5. The summed E-state index contributed by atoms with van der Waals surface area (Å²) in [6.45, 7) is 1.12. The summed E-state index contributed by atoms with van der Waals surface area (Å²) in [5.41, 5.74) is -0.800. The fourth-order valence-corrected chi connectivity index (χ4v) is 3.32. The summed E-state index contributed by atoms with van der Waals surface area (Å²) >= 11 is 0. The van der Waals surface area contributed by atoms with Crippen LogP contribution in [0.15, 0.2) is 48.5 Å². The van der Waals surface area contributed by atoms with Crippen LogP contribution in [0.5, 0.6) is 0 Å². The summed E-state index contributed by atoms with van der Waals surface area (Å²) in [4.78, 5) is 23.9. The fraction of sp³-hybridized carbons (Fsp3) is 0.263. The van der Waals surface area contributed by atoms with Crippen LogP contribution >= 0.6 is 0 Å². The molecule has 1 N–H and O–H groups in total. The van der Waals surface area contributed by atoms with Crippen LogP contribution < -0.4 is 9.62 Å². The largest absolute Gasteiger partial charge is 0.462 e. The number of carbonyl (C=O) groups is 2. The maximum absolute atomic E-state index is 12.9. The lowest BCUT2D eigenvalue weighted by atomic mass is 10.2. The van der Waals surface area contributed by atoms with Gasteiger partial charge in [-0.15, -0.1) is 0 Å².